The van der Waals surface area contributed by atoms with Gasteiger partial charge in [-0.3, -0.25) is 4.79 Å². The Morgan fingerprint density at radius 1 is 0.542 bits per heavy atom. The zero-order valence-corrected chi connectivity index (χ0v) is 18.6. The van der Waals surface area contributed by atoms with Crippen LogP contribution in [0.1, 0.15) is 129 Å². The normalized spacial score (nSPS) is 11.1. The van der Waals surface area contributed by atoms with Gasteiger partial charge in [-0.2, -0.15) is 0 Å². The minimum Gasteiger partial charge on any atom is -0.299 e. The van der Waals surface area contributed by atoms with E-state index in [2.05, 4.69) is 29.5 Å². The minimum absolute atomic E-state index is 0.423. The molecule has 0 aliphatic carbocycles. The fourth-order valence-electron chi connectivity index (χ4n) is 3.29. The van der Waals surface area contributed by atoms with Crippen LogP contribution in [0.4, 0.5) is 0 Å². The average molecular weight is 450 g/mol. The number of ketones is 1. The summed E-state index contributed by atoms with van der Waals surface area (Å²) in [7, 11) is 0. The van der Waals surface area contributed by atoms with Crippen LogP contribution in [-0.4, -0.2) is 10.2 Å². The molecule has 144 valence electrons. The molecule has 0 aliphatic heterocycles. The van der Waals surface area contributed by atoms with Gasteiger partial charge in [0.1, 0.15) is 5.78 Å². The Morgan fingerprint density at radius 2 is 0.833 bits per heavy atom. The predicted octanol–water partition coefficient (Wildman–Crippen LogP) is 8.42. The van der Waals surface area contributed by atoms with Crippen LogP contribution in [0.25, 0.3) is 0 Å². The molecule has 1 nitrogen and oxygen atoms in total. The van der Waals surface area contributed by atoms with Gasteiger partial charge in [0, 0.05) is 6.42 Å². The van der Waals surface area contributed by atoms with Crippen molar-refractivity contribution >= 4 is 28.4 Å². The van der Waals surface area contributed by atoms with Crippen molar-refractivity contribution in [2.75, 3.05) is 4.43 Å². The third-order valence-corrected chi connectivity index (χ3v) is 5.81. The van der Waals surface area contributed by atoms with Crippen molar-refractivity contribution in [3.8, 4) is 0 Å². The van der Waals surface area contributed by atoms with Crippen molar-refractivity contribution in [2.45, 2.75) is 129 Å². The molecule has 0 aromatic rings. The summed E-state index contributed by atoms with van der Waals surface area (Å²) in [4.78, 5) is 11.2. The van der Waals surface area contributed by atoms with E-state index in [1.54, 1.807) is 0 Å². The van der Waals surface area contributed by atoms with E-state index < -0.39 is 0 Å². The number of halogens is 1. The first-order chi connectivity index (χ1) is 11.8. The summed E-state index contributed by atoms with van der Waals surface area (Å²) in [6.45, 7) is 2.29. The second-order valence-electron chi connectivity index (χ2n) is 7.43. The summed E-state index contributed by atoms with van der Waals surface area (Å²) in [5.41, 5.74) is 0. The number of rotatable bonds is 20. The maximum atomic E-state index is 11.2. The molecular formula is C22H43IO. The number of unbranched alkanes of at least 4 members (excludes halogenated alkanes) is 17. The van der Waals surface area contributed by atoms with Crippen LogP contribution in [0.5, 0.6) is 0 Å². The molecule has 0 atom stereocenters. The molecule has 24 heavy (non-hydrogen) atoms. The Labute approximate surface area is 166 Å². The first-order valence-corrected chi connectivity index (χ1v) is 12.4. The summed E-state index contributed by atoms with van der Waals surface area (Å²) < 4.78 is 0.691. The number of Topliss-reactive ketones (excluding diaryl/α,β-unsaturated/α-hetero) is 1. The van der Waals surface area contributed by atoms with Crippen molar-refractivity contribution in [1.82, 2.24) is 0 Å². The molecule has 0 saturated carbocycles. The lowest BCUT2D eigenvalue weighted by Crippen LogP contribution is -1.97. The van der Waals surface area contributed by atoms with E-state index >= 15 is 0 Å². The zero-order chi connectivity index (χ0) is 17.7. The standard InChI is InChI=1S/C22H43IO/c1-2-3-4-5-6-7-8-9-10-11-12-13-14-15-16-17-18-19-20-22(24)21-23/h2-21H2,1H3. The minimum atomic E-state index is 0.423. The molecule has 2 heteroatoms. The number of hydrogen-bond acceptors (Lipinski definition) is 1. The summed E-state index contributed by atoms with van der Waals surface area (Å²) in [5, 5.41) is 0. The molecule has 0 aromatic carbocycles. The zero-order valence-electron chi connectivity index (χ0n) is 16.4. The molecule has 0 saturated heterocycles. The van der Waals surface area contributed by atoms with Gasteiger partial charge in [0.25, 0.3) is 0 Å². The number of alkyl halides is 1. The molecule has 0 N–H and O–H groups in total. The average Bonchev–Trinajstić information content (AvgIpc) is 2.60. The van der Waals surface area contributed by atoms with Gasteiger partial charge < -0.3 is 0 Å². The fourth-order valence-corrected chi connectivity index (χ4v) is 3.67. The molecule has 0 amide bonds. The van der Waals surface area contributed by atoms with E-state index in [0.717, 1.165) is 12.8 Å². The van der Waals surface area contributed by atoms with Gasteiger partial charge in [-0.05, 0) is 6.42 Å². The van der Waals surface area contributed by atoms with Crippen LogP contribution in [0.15, 0.2) is 0 Å². The molecule has 0 aliphatic rings. The maximum absolute atomic E-state index is 11.2. The molecule has 0 aromatic heterocycles. The first-order valence-electron chi connectivity index (χ1n) is 10.9. The van der Waals surface area contributed by atoms with Crippen LogP contribution >= 0.6 is 22.6 Å². The van der Waals surface area contributed by atoms with Crippen LogP contribution in [0.3, 0.4) is 0 Å². The van der Waals surface area contributed by atoms with Crippen LogP contribution < -0.4 is 0 Å². The van der Waals surface area contributed by atoms with E-state index in [1.165, 1.54) is 109 Å². The smallest absolute Gasteiger partial charge is 0.142 e. The van der Waals surface area contributed by atoms with Gasteiger partial charge in [0.15, 0.2) is 0 Å². The van der Waals surface area contributed by atoms with Gasteiger partial charge in [-0.25, -0.2) is 0 Å². The van der Waals surface area contributed by atoms with Gasteiger partial charge in [-0.1, -0.05) is 139 Å². The van der Waals surface area contributed by atoms with E-state index in [1.807, 2.05) is 0 Å². The Bertz CT molecular complexity index is 252. The van der Waals surface area contributed by atoms with Crippen LogP contribution in [0, 0.1) is 0 Å². The topological polar surface area (TPSA) is 17.1 Å². The highest BCUT2D eigenvalue weighted by atomic mass is 127. The number of carbonyl (C=O) groups excluding carboxylic acids is 1. The molecule has 0 spiro atoms. The van der Waals surface area contributed by atoms with Gasteiger partial charge in [-0.15, -0.1) is 0 Å². The van der Waals surface area contributed by atoms with Gasteiger partial charge >= 0.3 is 0 Å². The fraction of sp³-hybridized carbons (Fsp3) is 0.955. The Hall–Kier alpha value is 0.400. The Balaban J connectivity index is 2.99. The highest BCUT2D eigenvalue weighted by molar-refractivity contribution is 14.1. The second kappa shape index (κ2) is 21.4. The van der Waals surface area contributed by atoms with Gasteiger partial charge in [0.2, 0.25) is 0 Å². The van der Waals surface area contributed by atoms with E-state index in [0.29, 0.717) is 10.2 Å². The second-order valence-corrected chi connectivity index (χ2v) is 8.20. The Kier molecular flexibility index (Phi) is 21.8. The number of hydrogen-bond donors (Lipinski definition) is 0. The lowest BCUT2D eigenvalue weighted by molar-refractivity contribution is -0.116. The third kappa shape index (κ3) is 20.4. The maximum Gasteiger partial charge on any atom is 0.142 e. The van der Waals surface area contributed by atoms with E-state index in [-0.39, 0.29) is 0 Å². The monoisotopic (exact) mass is 450 g/mol. The highest BCUT2D eigenvalue weighted by Gasteiger charge is 1.98. The highest BCUT2D eigenvalue weighted by Crippen LogP contribution is 2.14. The SMILES string of the molecule is CCCCCCCCCCCCCCCCCCCCC(=O)CI. The van der Waals surface area contributed by atoms with Crippen LogP contribution in [-0.2, 0) is 4.79 Å². The molecule has 0 fully saturated rings. The van der Waals surface area contributed by atoms with Crippen molar-refractivity contribution < 1.29 is 4.79 Å². The summed E-state index contributed by atoms with van der Waals surface area (Å²) in [6, 6.07) is 0. The predicted molar refractivity (Wildman–Crippen MR) is 117 cm³/mol. The largest absolute Gasteiger partial charge is 0.299 e. The third-order valence-electron chi connectivity index (χ3n) is 4.96. The van der Waals surface area contributed by atoms with E-state index in [4.69, 9.17) is 0 Å². The first kappa shape index (κ1) is 24.4. The number of carbonyl (C=O) groups is 1. The van der Waals surface area contributed by atoms with Crippen molar-refractivity contribution in [1.29, 1.82) is 0 Å². The van der Waals surface area contributed by atoms with Crippen molar-refractivity contribution in [3.63, 3.8) is 0 Å². The Morgan fingerprint density at radius 3 is 1.12 bits per heavy atom. The summed E-state index contributed by atoms with van der Waals surface area (Å²) in [6.07, 6.45) is 26.0. The van der Waals surface area contributed by atoms with Crippen LogP contribution in [0.2, 0.25) is 0 Å². The molecule has 0 rings (SSSR count). The lowest BCUT2D eigenvalue weighted by Gasteiger charge is -2.03. The molecule has 0 unspecified atom stereocenters. The van der Waals surface area contributed by atoms with E-state index in [9.17, 15) is 4.79 Å². The molecule has 0 radical (unpaired) electrons. The summed E-state index contributed by atoms with van der Waals surface area (Å²) in [5.74, 6) is 0.423. The summed E-state index contributed by atoms with van der Waals surface area (Å²) >= 11 is 2.17. The quantitative estimate of drug-likeness (QED) is 0.103. The molecule has 0 bridgehead atoms. The van der Waals surface area contributed by atoms with Crippen molar-refractivity contribution in [2.24, 2.45) is 0 Å². The molecular weight excluding hydrogens is 407 g/mol. The molecule has 0 heterocycles. The lowest BCUT2D eigenvalue weighted by atomic mass is 10.0. The van der Waals surface area contributed by atoms with Crippen molar-refractivity contribution in [3.05, 3.63) is 0 Å². The van der Waals surface area contributed by atoms with Gasteiger partial charge in [0.05, 0.1) is 4.43 Å².